The zero-order valence-electron chi connectivity index (χ0n) is 29.1. The minimum atomic E-state index is -1.59. The zero-order chi connectivity index (χ0) is 39.5. The van der Waals surface area contributed by atoms with Gasteiger partial charge in [-0.05, 0) is 102 Å². The van der Waals surface area contributed by atoms with Crippen LogP contribution in [0.25, 0.3) is 34.2 Å². The van der Waals surface area contributed by atoms with E-state index in [-0.39, 0.29) is 41.0 Å². The molecule has 0 aliphatic rings. The van der Waals surface area contributed by atoms with Gasteiger partial charge < -0.3 is 29.7 Å². The van der Waals surface area contributed by atoms with Gasteiger partial charge in [0.1, 0.15) is 0 Å². The van der Waals surface area contributed by atoms with Gasteiger partial charge in [0.05, 0.1) is 32.5 Å². The first-order chi connectivity index (χ1) is 25.8. The van der Waals surface area contributed by atoms with E-state index in [1.54, 1.807) is 36.4 Å². The highest BCUT2D eigenvalue weighted by Crippen LogP contribution is 2.30. The van der Waals surface area contributed by atoms with E-state index in [0.29, 0.717) is 49.2 Å². The number of hydrogen-bond acceptors (Lipinski definition) is 12. The summed E-state index contributed by atoms with van der Waals surface area (Å²) in [5, 5.41) is 37.9. The van der Waals surface area contributed by atoms with Crippen LogP contribution in [0.15, 0.2) is 72.8 Å². The van der Waals surface area contributed by atoms with Crippen molar-refractivity contribution in [3.63, 3.8) is 0 Å². The van der Waals surface area contributed by atoms with Gasteiger partial charge in [0.2, 0.25) is 5.28 Å². The van der Waals surface area contributed by atoms with Crippen LogP contribution < -0.4 is 14.9 Å². The molecule has 4 aromatic carbocycles. The van der Waals surface area contributed by atoms with Crippen molar-refractivity contribution in [1.82, 2.24) is 29.9 Å². The lowest BCUT2D eigenvalue weighted by molar-refractivity contribution is 0.281. The number of nitrogens with zero attached hydrogens (tertiary/aromatic N) is 6. The Morgan fingerprint density at radius 2 is 1.00 bits per heavy atom. The van der Waals surface area contributed by atoms with Crippen molar-refractivity contribution in [3.8, 4) is 46.2 Å². The van der Waals surface area contributed by atoms with E-state index in [1.165, 1.54) is 26.4 Å². The maximum Gasteiger partial charge on any atom is 0.489 e. The van der Waals surface area contributed by atoms with Crippen LogP contribution in [0.2, 0.25) is 25.4 Å². The molecule has 0 saturated heterocycles. The van der Waals surface area contributed by atoms with Gasteiger partial charge in [0.25, 0.3) is 0 Å². The highest BCUT2D eigenvalue weighted by molar-refractivity contribution is 6.62. The maximum atomic E-state index is 9.36. The van der Waals surface area contributed by atoms with Crippen molar-refractivity contribution in [1.29, 1.82) is 0 Å². The monoisotopic (exact) mass is 830 g/mol. The summed E-state index contributed by atoms with van der Waals surface area (Å²) in [5.74, 6) is 1.28. The lowest BCUT2D eigenvalue weighted by atomic mass is 9.79. The van der Waals surface area contributed by atoms with Crippen molar-refractivity contribution in [2.45, 2.75) is 27.1 Å². The SMILES string of the molecule is COc1nc(-c2ccc(Cl)c(C)c2)nc(-c2cc(CO)ccc2Cl)n1.COc1nc(Cl)nc(-c2ccc(Cl)c(C)c2)n1.OCc1ccc(Cl)c(B(O)O)c1. The Bertz CT molecular complexity index is 2240. The number of halogens is 5. The predicted octanol–water partition coefficient (Wildman–Crippen LogP) is 7.00. The summed E-state index contributed by atoms with van der Waals surface area (Å²) < 4.78 is 10.1. The highest BCUT2D eigenvalue weighted by atomic mass is 35.5. The van der Waals surface area contributed by atoms with Crippen LogP contribution in [0.1, 0.15) is 22.3 Å². The van der Waals surface area contributed by atoms with E-state index in [2.05, 4.69) is 29.9 Å². The van der Waals surface area contributed by atoms with Gasteiger partial charge in [0.15, 0.2) is 17.5 Å². The molecule has 2 heterocycles. The van der Waals surface area contributed by atoms with E-state index in [9.17, 15) is 5.11 Å². The first-order valence-electron chi connectivity index (χ1n) is 15.7. The lowest BCUT2D eigenvalue weighted by Crippen LogP contribution is -2.31. The Morgan fingerprint density at radius 3 is 1.50 bits per heavy atom. The van der Waals surface area contributed by atoms with Crippen molar-refractivity contribution >= 4 is 70.6 Å². The third-order valence-electron chi connectivity index (χ3n) is 7.38. The lowest BCUT2D eigenvalue weighted by Gasteiger charge is -2.09. The molecular formula is C36H32BCl5N6O6. The molecule has 54 heavy (non-hydrogen) atoms. The Kier molecular flexibility index (Phi) is 15.8. The molecule has 0 amide bonds. The fourth-order valence-electron chi connectivity index (χ4n) is 4.55. The van der Waals surface area contributed by atoms with Crippen LogP contribution in [-0.4, -0.2) is 71.5 Å². The Morgan fingerprint density at radius 1 is 0.537 bits per heavy atom. The number of hydrogen-bond donors (Lipinski definition) is 4. The van der Waals surface area contributed by atoms with Crippen LogP contribution >= 0.6 is 58.0 Å². The summed E-state index contributed by atoms with van der Waals surface area (Å²) in [6, 6.07) is 21.2. The van der Waals surface area contributed by atoms with Crippen LogP contribution in [0.4, 0.5) is 0 Å². The molecule has 280 valence electrons. The van der Waals surface area contributed by atoms with Gasteiger partial charge in [-0.3, -0.25) is 0 Å². The molecular weight excluding hydrogens is 801 g/mol. The third-order valence-corrected chi connectivity index (χ3v) is 9.07. The molecule has 0 fully saturated rings. The fraction of sp³-hybridized carbons (Fsp3) is 0.167. The van der Waals surface area contributed by atoms with Crippen molar-refractivity contribution < 1.29 is 29.7 Å². The van der Waals surface area contributed by atoms with Gasteiger partial charge >= 0.3 is 19.1 Å². The molecule has 0 radical (unpaired) electrons. The van der Waals surface area contributed by atoms with E-state index in [4.69, 9.17) is 82.6 Å². The summed E-state index contributed by atoms with van der Waals surface area (Å²) in [7, 11) is 1.37. The topological polar surface area (TPSA) is 177 Å². The van der Waals surface area contributed by atoms with Gasteiger partial charge in [-0.2, -0.15) is 24.9 Å². The number of rotatable bonds is 8. The summed E-state index contributed by atoms with van der Waals surface area (Å²) in [6.45, 7) is 3.57. The molecule has 6 aromatic rings. The Hall–Kier alpha value is -4.15. The molecule has 4 N–H and O–H groups in total. The molecule has 0 aliphatic heterocycles. The Balaban J connectivity index is 0.000000194. The quantitative estimate of drug-likeness (QED) is 0.116. The molecule has 0 aliphatic carbocycles. The van der Waals surface area contributed by atoms with Crippen LogP contribution in [0.3, 0.4) is 0 Å². The second-order valence-electron chi connectivity index (χ2n) is 11.2. The number of aliphatic hydroxyl groups excluding tert-OH is 2. The van der Waals surface area contributed by atoms with Gasteiger partial charge in [-0.25, -0.2) is 4.98 Å². The number of aliphatic hydroxyl groups is 2. The summed E-state index contributed by atoms with van der Waals surface area (Å²) in [6.07, 6.45) is 0. The molecule has 2 aromatic heterocycles. The van der Waals surface area contributed by atoms with E-state index in [0.717, 1.165) is 22.3 Å². The summed E-state index contributed by atoms with van der Waals surface area (Å²) >= 11 is 29.8. The number of benzene rings is 4. The third kappa shape index (κ3) is 11.4. The van der Waals surface area contributed by atoms with Crippen molar-refractivity contribution in [3.05, 3.63) is 120 Å². The average molecular weight is 833 g/mol. The van der Waals surface area contributed by atoms with Crippen LogP contribution in [-0.2, 0) is 13.2 Å². The first kappa shape index (κ1) is 42.6. The van der Waals surface area contributed by atoms with E-state index >= 15 is 0 Å². The summed E-state index contributed by atoms with van der Waals surface area (Å²) in [5.41, 5.74) is 5.59. The molecule has 6 rings (SSSR count). The van der Waals surface area contributed by atoms with Crippen LogP contribution in [0.5, 0.6) is 12.0 Å². The minimum Gasteiger partial charge on any atom is -0.467 e. The van der Waals surface area contributed by atoms with Crippen LogP contribution in [0, 0.1) is 13.8 Å². The largest absolute Gasteiger partial charge is 0.489 e. The van der Waals surface area contributed by atoms with E-state index < -0.39 is 7.12 Å². The average Bonchev–Trinajstić information content (AvgIpc) is 3.17. The first-order valence-corrected chi connectivity index (χ1v) is 17.6. The fourth-order valence-corrected chi connectivity index (χ4v) is 5.35. The highest BCUT2D eigenvalue weighted by Gasteiger charge is 2.16. The molecule has 0 saturated carbocycles. The van der Waals surface area contributed by atoms with Crippen molar-refractivity contribution in [2.24, 2.45) is 0 Å². The second-order valence-corrected chi connectivity index (χ2v) is 13.1. The van der Waals surface area contributed by atoms with Gasteiger partial charge in [0, 0.05) is 37.2 Å². The molecule has 0 unspecified atom stereocenters. The molecule has 18 heteroatoms. The normalized spacial score (nSPS) is 10.5. The predicted molar refractivity (Wildman–Crippen MR) is 212 cm³/mol. The summed E-state index contributed by atoms with van der Waals surface area (Å²) in [4.78, 5) is 25.1. The number of methoxy groups -OCH3 is 2. The maximum absolute atomic E-state index is 9.36. The molecule has 12 nitrogen and oxygen atoms in total. The zero-order valence-corrected chi connectivity index (χ0v) is 32.9. The molecule has 0 atom stereocenters. The second kappa shape index (κ2) is 20.0. The standard InChI is InChI=1S/C18H15Cl2N3O2.C11H9Cl2N3O.C7H8BClO3/c1-10-7-12(4-6-14(10)19)16-21-17(23-18(22-16)25-2)13-8-11(9-24)3-5-15(13)20;1-6-5-7(3-4-8(6)12)9-14-10(13)16-11(15-9)17-2;9-7-2-1-5(4-10)3-6(7)8(11)12/h3-8,24H,9H2,1-2H3;3-5H,1-2H3;1-3,10-12H,4H2. The molecule has 0 bridgehead atoms. The molecule has 0 spiro atoms. The minimum absolute atomic E-state index is 0.0967. The number of aryl methyl sites for hydroxylation is 2. The Labute approximate surface area is 336 Å². The van der Waals surface area contributed by atoms with Gasteiger partial charge in [-0.1, -0.05) is 64.6 Å². The van der Waals surface area contributed by atoms with E-state index in [1.807, 2.05) is 38.1 Å². The smallest absolute Gasteiger partial charge is 0.467 e. The van der Waals surface area contributed by atoms with Gasteiger partial charge in [-0.15, -0.1) is 0 Å². The van der Waals surface area contributed by atoms with Crippen molar-refractivity contribution in [2.75, 3.05) is 14.2 Å². The number of ether oxygens (including phenoxy) is 2. The number of aromatic nitrogens is 6.